The van der Waals surface area contributed by atoms with Crippen molar-refractivity contribution in [2.75, 3.05) is 26.3 Å². The van der Waals surface area contributed by atoms with Gasteiger partial charge >= 0.3 is 0 Å². The molecular weight excluding hydrogens is 308 g/mol. The van der Waals surface area contributed by atoms with E-state index < -0.39 is 0 Å². The van der Waals surface area contributed by atoms with Crippen LogP contribution in [-0.4, -0.2) is 53.0 Å². The van der Waals surface area contributed by atoms with Crippen LogP contribution in [0.2, 0.25) is 0 Å². The molecule has 1 saturated heterocycles. The molecule has 0 atom stereocenters. The Morgan fingerprint density at radius 2 is 1.96 bits per heavy atom. The van der Waals surface area contributed by atoms with E-state index in [1.54, 1.807) is 17.2 Å². The van der Waals surface area contributed by atoms with Crippen LogP contribution in [0.1, 0.15) is 26.5 Å². The minimum atomic E-state index is -0.336. The second kappa shape index (κ2) is 7.65. The molecule has 2 amide bonds. The number of hydrogen-bond acceptors (Lipinski definition) is 5. The zero-order valence-corrected chi connectivity index (χ0v) is 13.1. The average molecular weight is 326 g/mol. The molecule has 0 aromatic carbocycles. The first kappa shape index (κ1) is 16.1. The number of carbonyl (C=O) groups excluding carboxylic acids is 2. The van der Waals surface area contributed by atoms with Gasteiger partial charge in [0.25, 0.3) is 11.8 Å². The summed E-state index contributed by atoms with van der Waals surface area (Å²) in [6, 6.07) is 8.63. The van der Waals surface area contributed by atoms with Crippen molar-refractivity contribution in [2.24, 2.45) is 0 Å². The van der Waals surface area contributed by atoms with Crippen molar-refractivity contribution in [1.82, 2.24) is 20.2 Å². The van der Waals surface area contributed by atoms with Crippen molar-refractivity contribution < 1.29 is 14.3 Å². The zero-order chi connectivity index (χ0) is 16.8. The van der Waals surface area contributed by atoms with Crippen LogP contribution >= 0.6 is 0 Å². The topological polar surface area (TPSA) is 84.4 Å². The largest absolute Gasteiger partial charge is 0.378 e. The second-order valence-electron chi connectivity index (χ2n) is 5.34. The summed E-state index contributed by atoms with van der Waals surface area (Å²) in [6.07, 6.45) is 3.14. The number of pyridine rings is 2. The molecule has 1 N–H and O–H groups in total. The van der Waals surface area contributed by atoms with E-state index in [4.69, 9.17) is 4.74 Å². The molecule has 7 nitrogen and oxygen atoms in total. The fourth-order valence-electron chi connectivity index (χ4n) is 2.40. The highest BCUT2D eigenvalue weighted by molar-refractivity contribution is 5.98. The number of ether oxygens (including phenoxy) is 1. The molecule has 0 saturated carbocycles. The molecule has 1 fully saturated rings. The van der Waals surface area contributed by atoms with Crippen LogP contribution in [0, 0.1) is 0 Å². The fraction of sp³-hybridized carbons (Fsp3) is 0.294. The molecular formula is C17H18N4O3. The van der Waals surface area contributed by atoms with Gasteiger partial charge < -0.3 is 15.0 Å². The maximum atomic E-state index is 12.5. The van der Waals surface area contributed by atoms with E-state index in [0.29, 0.717) is 38.4 Å². The number of hydrogen-bond donors (Lipinski definition) is 1. The Morgan fingerprint density at radius 1 is 1.12 bits per heavy atom. The maximum absolute atomic E-state index is 12.5. The van der Waals surface area contributed by atoms with E-state index in [1.807, 2.05) is 18.2 Å². The molecule has 2 aromatic rings. The lowest BCUT2D eigenvalue weighted by Crippen LogP contribution is -2.40. The third-order valence-corrected chi connectivity index (χ3v) is 3.69. The number of carbonyl (C=O) groups is 2. The average Bonchev–Trinajstić information content (AvgIpc) is 2.67. The molecule has 0 aliphatic carbocycles. The van der Waals surface area contributed by atoms with Gasteiger partial charge in [-0.1, -0.05) is 6.07 Å². The Hall–Kier alpha value is -2.80. The summed E-state index contributed by atoms with van der Waals surface area (Å²) in [5.74, 6) is -0.447. The summed E-state index contributed by atoms with van der Waals surface area (Å²) < 4.78 is 5.25. The Kier molecular flexibility index (Phi) is 5.12. The van der Waals surface area contributed by atoms with E-state index in [0.717, 1.165) is 5.69 Å². The second-order valence-corrected chi connectivity index (χ2v) is 5.34. The fourth-order valence-corrected chi connectivity index (χ4v) is 2.40. The van der Waals surface area contributed by atoms with Crippen molar-refractivity contribution in [3.8, 4) is 0 Å². The summed E-state index contributed by atoms with van der Waals surface area (Å²) in [5.41, 5.74) is 1.42. The summed E-state index contributed by atoms with van der Waals surface area (Å²) in [4.78, 5) is 34.6. The quantitative estimate of drug-likeness (QED) is 0.901. The van der Waals surface area contributed by atoms with Gasteiger partial charge in [-0.05, 0) is 24.3 Å². The van der Waals surface area contributed by atoms with Gasteiger partial charge in [-0.3, -0.25) is 19.6 Å². The smallest absolute Gasteiger partial charge is 0.270 e. The Labute approximate surface area is 139 Å². The van der Waals surface area contributed by atoms with E-state index in [-0.39, 0.29) is 17.5 Å². The summed E-state index contributed by atoms with van der Waals surface area (Å²) >= 11 is 0. The van der Waals surface area contributed by atoms with Crippen molar-refractivity contribution in [1.29, 1.82) is 0 Å². The van der Waals surface area contributed by atoms with Gasteiger partial charge in [-0.15, -0.1) is 0 Å². The molecule has 0 bridgehead atoms. The highest BCUT2D eigenvalue weighted by Crippen LogP contribution is 2.09. The van der Waals surface area contributed by atoms with Crippen LogP contribution in [0.5, 0.6) is 0 Å². The van der Waals surface area contributed by atoms with E-state index >= 15 is 0 Å². The van der Waals surface area contributed by atoms with Crippen LogP contribution in [0.3, 0.4) is 0 Å². The molecule has 3 heterocycles. The van der Waals surface area contributed by atoms with Gasteiger partial charge in [-0.25, -0.2) is 0 Å². The van der Waals surface area contributed by atoms with Gasteiger partial charge in [0.1, 0.15) is 5.69 Å². The minimum absolute atomic E-state index is 0.112. The molecule has 1 aliphatic rings. The maximum Gasteiger partial charge on any atom is 0.270 e. The number of amides is 2. The normalized spacial score (nSPS) is 14.2. The lowest BCUT2D eigenvalue weighted by Gasteiger charge is -2.26. The van der Waals surface area contributed by atoms with Gasteiger partial charge in [0.15, 0.2) is 0 Å². The highest BCUT2D eigenvalue weighted by atomic mass is 16.5. The lowest BCUT2D eigenvalue weighted by molar-refractivity contribution is 0.0303. The minimum Gasteiger partial charge on any atom is -0.378 e. The molecule has 0 spiro atoms. The monoisotopic (exact) mass is 326 g/mol. The molecule has 1 aliphatic heterocycles. The van der Waals surface area contributed by atoms with Crippen molar-refractivity contribution in [3.05, 3.63) is 59.7 Å². The number of morpholine rings is 1. The summed E-state index contributed by atoms with van der Waals surface area (Å²) in [6.45, 7) is 2.50. The van der Waals surface area contributed by atoms with E-state index in [9.17, 15) is 9.59 Å². The van der Waals surface area contributed by atoms with Gasteiger partial charge in [0.05, 0.1) is 25.5 Å². The standard InChI is InChI=1S/C17H18N4O3/c22-16(20-12-14-3-1-2-5-18-14)15-11-13(4-6-19-15)17(23)21-7-9-24-10-8-21/h1-6,11H,7-10,12H2,(H,20,22). The van der Waals surface area contributed by atoms with Crippen LogP contribution < -0.4 is 5.32 Å². The van der Waals surface area contributed by atoms with Crippen LogP contribution in [0.15, 0.2) is 42.7 Å². The first-order chi connectivity index (χ1) is 11.7. The van der Waals surface area contributed by atoms with E-state index in [1.165, 1.54) is 12.3 Å². The first-order valence-electron chi connectivity index (χ1n) is 7.75. The van der Waals surface area contributed by atoms with Crippen LogP contribution in [0.4, 0.5) is 0 Å². The Bertz CT molecular complexity index is 715. The predicted octanol–water partition coefficient (Wildman–Crippen LogP) is 0.879. The molecule has 24 heavy (non-hydrogen) atoms. The van der Waals surface area contributed by atoms with Gasteiger partial charge in [0, 0.05) is 31.0 Å². The Balaban J connectivity index is 1.65. The molecule has 0 unspecified atom stereocenters. The number of aromatic nitrogens is 2. The molecule has 0 radical (unpaired) electrons. The molecule has 3 rings (SSSR count). The van der Waals surface area contributed by atoms with Gasteiger partial charge in [0.2, 0.25) is 0 Å². The highest BCUT2D eigenvalue weighted by Gasteiger charge is 2.19. The molecule has 124 valence electrons. The third-order valence-electron chi connectivity index (χ3n) is 3.69. The Morgan fingerprint density at radius 3 is 2.71 bits per heavy atom. The van der Waals surface area contributed by atoms with Gasteiger partial charge in [-0.2, -0.15) is 0 Å². The third kappa shape index (κ3) is 3.94. The van der Waals surface area contributed by atoms with Crippen LogP contribution in [-0.2, 0) is 11.3 Å². The molecule has 2 aromatic heterocycles. The first-order valence-corrected chi connectivity index (χ1v) is 7.75. The lowest BCUT2D eigenvalue weighted by atomic mass is 10.2. The number of nitrogens with zero attached hydrogens (tertiary/aromatic N) is 3. The summed E-state index contributed by atoms with van der Waals surface area (Å²) in [7, 11) is 0. The number of rotatable bonds is 4. The zero-order valence-electron chi connectivity index (χ0n) is 13.1. The molecule has 7 heteroatoms. The van der Waals surface area contributed by atoms with E-state index in [2.05, 4.69) is 15.3 Å². The predicted molar refractivity (Wildman–Crippen MR) is 86.4 cm³/mol. The van der Waals surface area contributed by atoms with Crippen LogP contribution in [0.25, 0.3) is 0 Å². The van der Waals surface area contributed by atoms with Crippen molar-refractivity contribution >= 4 is 11.8 Å². The number of nitrogens with one attached hydrogen (secondary N) is 1. The van der Waals surface area contributed by atoms with Crippen molar-refractivity contribution in [2.45, 2.75) is 6.54 Å². The summed E-state index contributed by atoms with van der Waals surface area (Å²) in [5, 5.41) is 2.75. The SMILES string of the molecule is O=C(NCc1ccccn1)c1cc(C(=O)N2CCOCC2)ccn1. The van der Waals surface area contributed by atoms with Crippen molar-refractivity contribution in [3.63, 3.8) is 0 Å².